The molecule has 0 unspecified atom stereocenters. The van der Waals surface area contributed by atoms with Gasteiger partial charge in [-0.15, -0.1) is 0 Å². The topological polar surface area (TPSA) is 85.7 Å². The molecule has 1 aliphatic carbocycles. The summed E-state index contributed by atoms with van der Waals surface area (Å²) in [4.78, 5) is 30.9. The van der Waals surface area contributed by atoms with Crippen LogP contribution in [-0.2, 0) is 7.05 Å². The molecule has 1 fully saturated rings. The quantitative estimate of drug-likeness (QED) is 0.305. The number of nitrogens with zero attached hydrogens (tertiary/aromatic N) is 5. The Morgan fingerprint density at radius 1 is 1.12 bits per heavy atom. The van der Waals surface area contributed by atoms with Gasteiger partial charge in [0.15, 0.2) is 5.69 Å². The second-order valence-corrected chi connectivity index (χ2v) is 8.57. The molecule has 8 heteroatoms. The second kappa shape index (κ2) is 9.44. The molecule has 4 rings (SSSR count). The fraction of sp³-hybridized carbons (Fsp3) is 0.360. The van der Waals surface area contributed by atoms with E-state index < -0.39 is 4.92 Å². The van der Waals surface area contributed by atoms with Gasteiger partial charge in [-0.1, -0.05) is 37.5 Å². The maximum Gasteiger partial charge on any atom is 0.297 e. The van der Waals surface area contributed by atoms with Crippen LogP contribution in [0.1, 0.15) is 43.4 Å². The van der Waals surface area contributed by atoms with E-state index in [4.69, 9.17) is 0 Å². The minimum absolute atomic E-state index is 0.00345. The monoisotopic (exact) mass is 447 g/mol. The molecule has 2 aromatic carbocycles. The molecule has 0 amide bonds. The molecule has 33 heavy (non-hydrogen) atoms. The van der Waals surface area contributed by atoms with Crippen molar-refractivity contribution in [1.29, 1.82) is 0 Å². The van der Waals surface area contributed by atoms with Crippen LogP contribution in [0.25, 0.3) is 5.69 Å². The van der Waals surface area contributed by atoms with Crippen LogP contribution in [0.4, 0.5) is 17.1 Å². The lowest BCUT2D eigenvalue weighted by molar-refractivity contribution is -0.384. The molecular weight excluding hydrogens is 418 g/mol. The Labute approximate surface area is 192 Å². The molecule has 1 heterocycles. The van der Waals surface area contributed by atoms with Crippen molar-refractivity contribution in [2.24, 2.45) is 12.0 Å². The van der Waals surface area contributed by atoms with Crippen LogP contribution in [0.15, 0.2) is 58.3 Å². The lowest BCUT2D eigenvalue weighted by Crippen LogP contribution is -2.33. The Hall–Kier alpha value is -3.68. The van der Waals surface area contributed by atoms with Crippen LogP contribution in [0.2, 0.25) is 0 Å². The number of aromatic nitrogens is 2. The predicted octanol–water partition coefficient (Wildman–Crippen LogP) is 4.91. The maximum atomic E-state index is 13.2. The van der Waals surface area contributed by atoms with Gasteiger partial charge in [0.05, 0.1) is 16.3 Å². The minimum atomic E-state index is -0.405. The van der Waals surface area contributed by atoms with Crippen molar-refractivity contribution in [2.75, 3.05) is 11.9 Å². The highest BCUT2D eigenvalue weighted by molar-refractivity contribution is 5.90. The summed E-state index contributed by atoms with van der Waals surface area (Å²) >= 11 is 0. The molecule has 0 radical (unpaired) electrons. The number of benzene rings is 2. The van der Waals surface area contributed by atoms with Gasteiger partial charge in [0, 0.05) is 49.7 Å². The first-order valence-corrected chi connectivity index (χ1v) is 11.3. The predicted molar refractivity (Wildman–Crippen MR) is 131 cm³/mol. The first-order valence-electron chi connectivity index (χ1n) is 11.3. The van der Waals surface area contributed by atoms with Crippen molar-refractivity contribution in [2.45, 2.75) is 45.1 Å². The average Bonchev–Trinajstić information content (AvgIpc) is 3.05. The molecule has 8 nitrogen and oxygen atoms in total. The molecule has 0 N–H and O–H groups in total. The number of non-ortho nitro benzene ring substituents is 1. The summed E-state index contributed by atoms with van der Waals surface area (Å²) in [6.07, 6.45) is 7.41. The Kier molecular flexibility index (Phi) is 6.44. The van der Waals surface area contributed by atoms with Gasteiger partial charge in [-0.2, -0.15) is 0 Å². The van der Waals surface area contributed by atoms with Crippen molar-refractivity contribution < 1.29 is 4.92 Å². The van der Waals surface area contributed by atoms with E-state index >= 15 is 0 Å². The summed E-state index contributed by atoms with van der Waals surface area (Å²) in [5, 5.41) is 11.4. The Bertz CT molecular complexity index is 1240. The zero-order chi connectivity index (χ0) is 23.5. The van der Waals surface area contributed by atoms with Gasteiger partial charge in [0.1, 0.15) is 0 Å². The molecule has 1 aliphatic rings. The number of rotatable bonds is 6. The molecule has 0 atom stereocenters. The van der Waals surface area contributed by atoms with E-state index in [-0.39, 0.29) is 11.2 Å². The maximum absolute atomic E-state index is 13.2. The number of nitro groups is 1. The van der Waals surface area contributed by atoms with E-state index in [1.165, 1.54) is 31.4 Å². The van der Waals surface area contributed by atoms with Gasteiger partial charge < -0.3 is 4.90 Å². The summed E-state index contributed by atoms with van der Waals surface area (Å²) in [6, 6.07) is 14.6. The van der Waals surface area contributed by atoms with Crippen LogP contribution in [-0.4, -0.2) is 33.6 Å². The molecule has 172 valence electrons. The van der Waals surface area contributed by atoms with Gasteiger partial charge >= 0.3 is 0 Å². The van der Waals surface area contributed by atoms with Gasteiger partial charge in [0.2, 0.25) is 0 Å². The van der Waals surface area contributed by atoms with Crippen molar-refractivity contribution in [3.63, 3.8) is 0 Å². The number of hydrogen-bond donors (Lipinski definition) is 0. The normalized spacial score (nSPS) is 14.6. The largest absolute Gasteiger partial charge is 0.371 e. The zero-order valence-corrected chi connectivity index (χ0v) is 19.3. The number of hydrogen-bond acceptors (Lipinski definition) is 5. The molecule has 0 saturated heterocycles. The molecule has 0 spiro atoms. The van der Waals surface area contributed by atoms with Crippen molar-refractivity contribution in [3.05, 3.63) is 80.3 Å². The molecular formula is C25H29N5O3. The third kappa shape index (κ3) is 4.46. The zero-order valence-electron chi connectivity index (χ0n) is 19.3. The van der Waals surface area contributed by atoms with E-state index in [0.29, 0.717) is 23.0 Å². The van der Waals surface area contributed by atoms with E-state index in [9.17, 15) is 14.9 Å². The van der Waals surface area contributed by atoms with Gasteiger partial charge in [-0.3, -0.25) is 19.6 Å². The van der Waals surface area contributed by atoms with Crippen molar-refractivity contribution >= 4 is 23.3 Å². The Balaban J connectivity index is 1.75. The van der Waals surface area contributed by atoms with Gasteiger partial charge in [-0.25, -0.2) is 9.67 Å². The SMILES string of the molecule is Cc1c(N=Cc2cc([N+](=O)[O-])ccc2N(C)C2CCCCC2)c(=O)n(-c2ccccc2)n1C. The van der Waals surface area contributed by atoms with E-state index in [2.05, 4.69) is 9.89 Å². The number of anilines is 1. The summed E-state index contributed by atoms with van der Waals surface area (Å²) in [5.41, 5.74) is 3.07. The van der Waals surface area contributed by atoms with Crippen LogP contribution in [0.5, 0.6) is 0 Å². The summed E-state index contributed by atoms with van der Waals surface area (Å²) in [5.74, 6) is 0. The number of nitro benzene ring substituents is 1. The average molecular weight is 448 g/mol. The third-order valence-electron chi connectivity index (χ3n) is 6.58. The summed E-state index contributed by atoms with van der Waals surface area (Å²) in [6.45, 7) is 1.84. The van der Waals surface area contributed by atoms with Crippen molar-refractivity contribution in [3.8, 4) is 5.69 Å². The number of para-hydroxylation sites is 1. The van der Waals surface area contributed by atoms with E-state index in [1.54, 1.807) is 21.6 Å². The van der Waals surface area contributed by atoms with Crippen LogP contribution < -0.4 is 10.5 Å². The third-order valence-corrected chi connectivity index (χ3v) is 6.58. The molecule has 0 bridgehead atoms. The fourth-order valence-electron chi connectivity index (χ4n) is 4.58. The lowest BCUT2D eigenvalue weighted by atomic mass is 9.94. The highest BCUT2D eigenvalue weighted by Crippen LogP contribution is 2.30. The Morgan fingerprint density at radius 2 is 1.82 bits per heavy atom. The van der Waals surface area contributed by atoms with Gasteiger partial charge in [0.25, 0.3) is 11.2 Å². The Morgan fingerprint density at radius 3 is 2.48 bits per heavy atom. The van der Waals surface area contributed by atoms with Gasteiger partial charge in [-0.05, 0) is 38.0 Å². The second-order valence-electron chi connectivity index (χ2n) is 8.57. The number of aliphatic imine (C=N–C) groups is 1. The van der Waals surface area contributed by atoms with Crippen LogP contribution >= 0.6 is 0 Å². The molecule has 3 aromatic rings. The molecule has 1 aromatic heterocycles. The summed E-state index contributed by atoms with van der Waals surface area (Å²) < 4.78 is 3.34. The lowest BCUT2D eigenvalue weighted by Gasteiger charge is -2.33. The summed E-state index contributed by atoms with van der Waals surface area (Å²) in [7, 11) is 3.85. The standard InChI is InChI=1S/C25H29N5O3/c1-18-24(25(31)29(28(18)3)21-12-8-5-9-13-21)26-17-19-16-22(30(32)33)14-15-23(19)27(2)20-10-6-4-7-11-20/h5,8-9,12-17,20H,4,6-7,10-11H2,1-3H3. The van der Waals surface area contributed by atoms with E-state index in [0.717, 1.165) is 24.2 Å². The minimum Gasteiger partial charge on any atom is -0.371 e. The highest BCUT2D eigenvalue weighted by Gasteiger charge is 2.22. The first kappa shape index (κ1) is 22.5. The van der Waals surface area contributed by atoms with Crippen LogP contribution in [0.3, 0.4) is 0 Å². The van der Waals surface area contributed by atoms with Crippen molar-refractivity contribution in [1.82, 2.24) is 9.36 Å². The van der Waals surface area contributed by atoms with E-state index in [1.807, 2.05) is 51.4 Å². The van der Waals surface area contributed by atoms with Crippen LogP contribution in [0, 0.1) is 17.0 Å². The molecule has 1 saturated carbocycles. The highest BCUT2D eigenvalue weighted by atomic mass is 16.6. The first-order chi connectivity index (χ1) is 15.9. The smallest absolute Gasteiger partial charge is 0.297 e. The molecule has 0 aliphatic heterocycles. The fourth-order valence-corrected chi connectivity index (χ4v) is 4.58.